The number of aromatic nitrogens is 1. The molecule has 0 aliphatic rings. The van der Waals surface area contributed by atoms with E-state index in [1.807, 2.05) is 0 Å². The van der Waals surface area contributed by atoms with Crippen LogP contribution >= 0.6 is 0 Å². The van der Waals surface area contributed by atoms with Gasteiger partial charge in [0.25, 0.3) is 0 Å². The SMILES string of the molecule is CC/C=C\C/C=C\C/C=C\C/C=C\C/C=C\CCCC(=O)C[C@@H](C)C(=O)O[C@H](C)CCC(=O)c1cccnc1. The number of rotatable bonds is 21. The van der Waals surface area contributed by atoms with Crippen LogP contribution in [-0.2, 0) is 14.3 Å². The van der Waals surface area contributed by atoms with E-state index >= 15 is 0 Å². The number of Topliss-reactive ketones (excluding diaryl/α,β-unsaturated/α-hetero) is 2. The molecular weight excluding hydrogens is 486 g/mol. The molecule has 0 aromatic carbocycles. The number of unbranched alkanes of at least 4 members (excludes halogenated alkanes) is 1. The maximum atomic E-state index is 12.3. The Morgan fingerprint density at radius 1 is 0.846 bits per heavy atom. The van der Waals surface area contributed by atoms with E-state index < -0.39 is 5.92 Å². The molecule has 0 spiro atoms. The van der Waals surface area contributed by atoms with Crippen LogP contribution in [0.5, 0.6) is 0 Å². The molecule has 0 unspecified atom stereocenters. The van der Waals surface area contributed by atoms with E-state index in [4.69, 9.17) is 4.74 Å². The molecule has 5 heteroatoms. The fraction of sp³-hybridized carbons (Fsp3) is 0.471. The lowest BCUT2D eigenvalue weighted by molar-refractivity contribution is -0.154. The third-order valence-electron chi connectivity index (χ3n) is 6.00. The molecule has 0 amide bonds. The van der Waals surface area contributed by atoms with E-state index in [0.717, 1.165) is 44.9 Å². The van der Waals surface area contributed by atoms with Crippen molar-refractivity contribution in [3.63, 3.8) is 0 Å². The molecule has 0 saturated carbocycles. The quantitative estimate of drug-likeness (QED) is 0.0685. The number of carbonyl (C=O) groups is 3. The highest BCUT2D eigenvalue weighted by atomic mass is 16.5. The molecule has 0 aliphatic heterocycles. The average molecular weight is 534 g/mol. The van der Waals surface area contributed by atoms with Gasteiger partial charge in [-0.1, -0.05) is 74.6 Å². The summed E-state index contributed by atoms with van der Waals surface area (Å²) in [5.74, 6) is -0.821. The number of hydrogen-bond acceptors (Lipinski definition) is 5. The minimum atomic E-state index is -0.484. The Hall–Kier alpha value is -3.34. The molecule has 2 atom stereocenters. The molecular formula is C34H47NO4. The lowest BCUT2D eigenvalue weighted by atomic mass is 10.0. The zero-order valence-electron chi connectivity index (χ0n) is 24.1. The summed E-state index contributed by atoms with van der Waals surface area (Å²) >= 11 is 0. The largest absolute Gasteiger partial charge is 0.462 e. The third kappa shape index (κ3) is 18.5. The van der Waals surface area contributed by atoms with Crippen molar-refractivity contribution in [2.75, 3.05) is 0 Å². The zero-order chi connectivity index (χ0) is 28.6. The maximum Gasteiger partial charge on any atom is 0.309 e. The predicted octanol–water partition coefficient (Wildman–Crippen LogP) is 8.49. The van der Waals surface area contributed by atoms with E-state index in [1.165, 1.54) is 6.20 Å². The van der Waals surface area contributed by atoms with Crippen molar-refractivity contribution in [2.24, 2.45) is 5.92 Å². The smallest absolute Gasteiger partial charge is 0.309 e. The minimum absolute atomic E-state index is 0.0262. The van der Waals surface area contributed by atoms with Crippen LogP contribution in [0.3, 0.4) is 0 Å². The first-order chi connectivity index (χ1) is 18.9. The highest BCUT2D eigenvalue weighted by Gasteiger charge is 2.21. The second-order valence-electron chi connectivity index (χ2n) is 9.70. The topological polar surface area (TPSA) is 73.3 Å². The predicted molar refractivity (Wildman–Crippen MR) is 160 cm³/mol. The highest BCUT2D eigenvalue weighted by molar-refractivity contribution is 5.95. The molecule has 0 fully saturated rings. The van der Waals surface area contributed by atoms with Gasteiger partial charge < -0.3 is 4.74 Å². The van der Waals surface area contributed by atoms with Crippen LogP contribution in [0.1, 0.15) is 102 Å². The number of carbonyl (C=O) groups excluding carboxylic acids is 3. The van der Waals surface area contributed by atoms with E-state index in [9.17, 15) is 14.4 Å². The first-order valence-corrected chi connectivity index (χ1v) is 14.3. The molecule has 0 aliphatic carbocycles. The molecule has 1 rings (SSSR count). The summed E-state index contributed by atoms with van der Waals surface area (Å²) in [6.45, 7) is 5.63. The Labute approximate surface area is 235 Å². The first kappa shape index (κ1) is 33.7. The van der Waals surface area contributed by atoms with Gasteiger partial charge in [0.05, 0.1) is 12.0 Å². The Morgan fingerprint density at radius 3 is 2.00 bits per heavy atom. The monoisotopic (exact) mass is 533 g/mol. The summed E-state index contributed by atoms with van der Waals surface area (Å²) < 4.78 is 5.45. The van der Waals surface area contributed by atoms with Crippen LogP contribution in [0.15, 0.2) is 85.3 Å². The standard InChI is InChI=1S/C34H47NO4/c1-4-5-6-7-8-9-10-11-12-13-14-15-16-17-18-19-20-23-32(36)27-29(2)34(38)39-30(3)24-25-33(37)31-22-21-26-35-28-31/h5-6,8-9,11-12,14-15,17-18,21-22,26,28-30H,4,7,10,13,16,19-20,23-25,27H2,1-3H3/b6-5-,9-8-,12-11-,15-14-,18-17-/t29-,30-/m1/s1. The number of ketones is 2. The highest BCUT2D eigenvalue weighted by Crippen LogP contribution is 2.14. The summed E-state index contributed by atoms with van der Waals surface area (Å²) in [5, 5.41) is 0. The average Bonchev–Trinajstić information content (AvgIpc) is 2.93. The fourth-order valence-electron chi connectivity index (χ4n) is 3.69. The van der Waals surface area contributed by atoms with Gasteiger partial charge in [0.15, 0.2) is 5.78 Å². The van der Waals surface area contributed by atoms with Gasteiger partial charge in [-0.25, -0.2) is 0 Å². The van der Waals surface area contributed by atoms with Gasteiger partial charge in [-0.05, 0) is 70.4 Å². The van der Waals surface area contributed by atoms with Gasteiger partial charge in [0.1, 0.15) is 5.78 Å². The molecule has 39 heavy (non-hydrogen) atoms. The zero-order valence-corrected chi connectivity index (χ0v) is 24.1. The molecule has 0 N–H and O–H groups in total. The van der Waals surface area contributed by atoms with Gasteiger partial charge in [-0.2, -0.15) is 0 Å². The molecule has 0 saturated heterocycles. The fourth-order valence-corrected chi connectivity index (χ4v) is 3.69. The third-order valence-corrected chi connectivity index (χ3v) is 6.00. The van der Waals surface area contributed by atoms with E-state index in [2.05, 4.69) is 72.7 Å². The molecule has 212 valence electrons. The molecule has 0 radical (unpaired) electrons. The molecule has 1 aromatic rings. The van der Waals surface area contributed by atoms with Gasteiger partial charge in [-0.15, -0.1) is 0 Å². The Morgan fingerprint density at radius 2 is 1.44 bits per heavy atom. The number of nitrogens with zero attached hydrogens (tertiary/aromatic N) is 1. The van der Waals surface area contributed by atoms with Crippen LogP contribution in [0, 0.1) is 5.92 Å². The van der Waals surface area contributed by atoms with E-state index in [1.54, 1.807) is 32.2 Å². The Balaban J connectivity index is 2.10. The molecule has 1 aromatic heterocycles. The molecule has 5 nitrogen and oxygen atoms in total. The van der Waals surface area contributed by atoms with Crippen LogP contribution in [0.4, 0.5) is 0 Å². The van der Waals surface area contributed by atoms with Crippen molar-refractivity contribution in [3.05, 3.63) is 90.9 Å². The second-order valence-corrected chi connectivity index (χ2v) is 9.70. The van der Waals surface area contributed by atoms with Crippen molar-refractivity contribution < 1.29 is 19.1 Å². The van der Waals surface area contributed by atoms with Gasteiger partial charge in [0, 0.05) is 37.2 Å². The van der Waals surface area contributed by atoms with Crippen molar-refractivity contribution in [2.45, 2.75) is 97.5 Å². The molecule has 0 bridgehead atoms. The van der Waals surface area contributed by atoms with E-state index in [-0.39, 0.29) is 36.5 Å². The van der Waals surface area contributed by atoms with Crippen molar-refractivity contribution >= 4 is 17.5 Å². The summed E-state index contributed by atoms with van der Waals surface area (Å²) in [5.41, 5.74) is 0.555. The second kappa shape index (κ2) is 22.6. The summed E-state index contributed by atoms with van der Waals surface area (Å²) in [7, 11) is 0. The van der Waals surface area contributed by atoms with Gasteiger partial charge in [0.2, 0.25) is 0 Å². The van der Waals surface area contributed by atoms with Crippen LogP contribution in [0.25, 0.3) is 0 Å². The number of hydrogen-bond donors (Lipinski definition) is 0. The number of pyridine rings is 1. The summed E-state index contributed by atoms with van der Waals surface area (Å²) in [6, 6.07) is 3.44. The first-order valence-electron chi connectivity index (χ1n) is 14.3. The number of esters is 1. The van der Waals surface area contributed by atoms with Crippen molar-refractivity contribution in [1.29, 1.82) is 0 Å². The lowest BCUT2D eigenvalue weighted by Crippen LogP contribution is -2.23. The van der Waals surface area contributed by atoms with Gasteiger partial charge in [-0.3, -0.25) is 19.4 Å². The van der Waals surface area contributed by atoms with Crippen LogP contribution in [0.2, 0.25) is 0 Å². The Bertz CT molecular complexity index is 972. The summed E-state index contributed by atoms with van der Waals surface area (Å²) in [6.07, 6.45) is 32.3. The summed E-state index contributed by atoms with van der Waals surface area (Å²) in [4.78, 5) is 40.7. The minimum Gasteiger partial charge on any atom is -0.462 e. The number of ether oxygens (including phenoxy) is 1. The van der Waals surface area contributed by atoms with E-state index in [0.29, 0.717) is 18.4 Å². The molecule has 1 heterocycles. The Kier molecular flexibility index (Phi) is 19.5. The normalized spacial score (nSPS) is 13.7. The lowest BCUT2D eigenvalue weighted by Gasteiger charge is -2.16. The van der Waals surface area contributed by atoms with Crippen molar-refractivity contribution in [1.82, 2.24) is 4.98 Å². The van der Waals surface area contributed by atoms with Crippen molar-refractivity contribution in [3.8, 4) is 0 Å². The van der Waals surface area contributed by atoms with Gasteiger partial charge >= 0.3 is 5.97 Å². The number of allylic oxidation sites excluding steroid dienone is 10. The van der Waals surface area contributed by atoms with Crippen LogP contribution < -0.4 is 0 Å². The maximum absolute atomic E-state index is 12.3. The van der Waals surface area contributed by atoms with Crippen LogP contribution in [-0.4, -0.2) is 28.6 Å².